The van der Waals surface area contributed by atoms with E-state index >= 15 is 0 Å². The molecule has 0 atom stereocenters. The largest absolute Gasteiger partial charge is 0.305 e. The zero-order chi connectivity index (χ0) is 9.71. The highest BCUT2D eigenvalue weighted by Crippen LogP contribution is 2.24. The van der Waals surface area contributed by atoms with Crippen LogP contribution in [0.2, 0.25) is 0 Å². The molecule has 3 rings (SSSR count). The van der Waals surface area contributed by atoms with Gasteiger partial charge in [0.15, 0.2) is 0 Å². The number of nitrogens with zero attached hydrogens (tertiary/aromatic N) is 2. The van der Waals surface area contributed by atoms with Crippen LogP contribution in [0.15, 0.2) is 24.4 Å². The summed E-state index contributed by atoms with van der Waals surface area (Å²) in [4.78, 5) is 4.46. The van der Waals surface area contributed by atoms with E-state index in [1.807, 2.05) is 24.9 Å². The van der Waals surface area contributed by atoms with Crippen LogP contribution in [0.3, 0.4) is 0 Å². The Balaban J connectivity index is 2.64. The van der Waals surface area contributed by atoms with Crippen LogP contribution in [0, 0.1) is 6.92 Å². The van der Waals surface area contributed by atoms with Crippen LogP contribution in [-0.2, 0) is 7.05 Å². The maximum atomic E-state index is 4.46. The van der Waals surface area contributed by atoms with Crippen LogP contribution >= 0.6 is 0 Å². The van der Waals surface area contributed by atoms with Gasteiger partial charge in [0.2, 0.25) is 0 Å². The molecule has 0 saturated carbocycles. The highest BCUT2D eigenvalue weighted by Gasteiger charge is 2.06. The van der Waals surface area contributed by atoms with Crippen LogP contribution in [0.1, 0.15) is 5.69 Å². The number of benzene rings is 1. The van der Waals surface area contributed by atoms with Gasteiger partial charge in [0.25, 0.3) is 0 Å². The first-order chi connectivity index (χ1) is 6.75. The fraction of sp³-hybridized carbons (Fsp3) is 0.182. The zero-order valence-electron chi connectivity index (χ0n) is 8.20. The van der Waals surface area contributed by atoms with E-state index in [0.29, 0.717) is 0 Å². The maximum Gasteiger partial charge on any atom is 0.0750 e. The number of nitrogens with one attached hydrogen (secondary N) is 1. The lowest BCUT2D eigenvalue weighted by atomic mass is 10.2. The van der Waals surface area contributed by atoms with Gasteiger partial charge in [-0.2, -0.15) is 0 Å². The van der Waals surface area contributed by atoms with Crippen LogP contribution < -0.4 is 0 Å². The monoisotopic (exact) mass is 185 g/mol. The molecule has 14 heavy (non-hydrogen) atoms. The lowest BCUT2D eigenvalue weighted by molar-refractivity contribution is 0.799. The Morgan fingerprint density at radius 1 is 1.36 bits per heavy atom. The zero-order valence-corrected chi connectivity index (χ0v) is 8.20. The van der Waals surface area contributed by atoms with Crippen molar-refractivity contribution in [2.45, 2.75) is 6.92 Å². The average molecular weight is 185 g/mol. The van der Waals surface area contributed by atoms with E-state index in [-0.39, 0.29) is 0 Å². The van der Waals surface area contributed by atoms with Gasteiger partial charge in [-0.15, -0.1) is 0 Å². The summed E-state index contributed by atoms with van der Waals surface area (Å²) in [5.74, 6) is 0. The Morgan fingerprint density at radius 2 is 2.21 bits per heavy atom. The van der Waals surface area contributed by atoms with Crippen molar-refractivity contribution in [2.75, 3.05) is 0 Å². The van der Waals surface area contributed by atoms with Gasteiger partial charge in [0.05, 0.1) is 11.0 Å². The second-order valence-electron chi connectivity index (χ2n) is 3.67. The quantitative estimate of drug-likeness (QED) is 0.573. The molecule has 2 aromatic heterocycles. The summed E-state index contributed by atoms with van der Waals surface area (Å²) in [5.41, 5.74) is 3.38. The van der Waals surface area contributed by atoms with Gasteiger partial charge in [-0.1, -0.05) is 0 Å². The first-order valence-corrected chi connectivity index (χ1v) is 4.66. The molecule has 70 valence electrons. The number of aromatic amines is 1. The van der Waals surface area contributed by atoms with E-state index in [9.17, 15) is 0 Å². The topological polar surface area (TPSA) is 33.6 Å². The minimum atomic E-state index is 1.07. The first kappa shape index (κ1) is 7.62. The number of H-pyrrole nitrogens is 1. The minimum absolute atomic E-state index is 1.07. The molecule has 0 unspecified atom stereocenters. The van der Waals surface area contributed by atoms with Crippen molar-refractivity contribution in [1.29, 1.82) is 0 Å². The van der Waals surface area contributed by atoms with Crippen molar-refractivity contribution in [1.82, 2.24) is 14.8 Å². The molecule has 0 bridgehead atoms. The molecule has 0 fully saturated rings. The van der Waals surface area contributed by atoms with E-state index in [0.717, 1.165) is 11.2 Å². The summed E-state index contributed by atoms with van der Waals surface area (Å²) in [7, 11) is 2.02. The number of aromatic nitrogens is 3. The van der Waals surface area contributed by atoms with E-state index in [4.69, 9.17) is 0 Å². The van der Waals surface area contributed by atoms with E-state index in [1.165, 1.54) is 16.3 Å². The van der Waals surface area contributed by atoms with Gasteiger partial charge in [-0.05, 0) is 25.1 Å². The molecule has 0 saturated heterocycles. The summed E-state index contributed by atoms with van der Waals surface area (Å²) < 4.78 is 2.03. The van der Waals surface area contributed by atoms with E-state index in [1.54, 1.807) is 0 Å². The van der Waals surface area contributed by atoms with Crippen molar-refractivity contribution in [3.63, 3.8) is 0 Å². The standard InChI is InChI=1S/C11H11N3/c1-7-5-9-10(13-7)4-3-8-6-12-14(2)11(8)9/h3-6,12H,1-2H3. The highest BCUT2D eigenvalue weighted by molar-refractivity contribution is 6.04. The second kappa shape index (κ2) is 2.38. The molecule has 0 amide bonds. The molecule has 0 spiro atoms. The molecule has 0 aliphatic rings. The Morgan fingerprint density at radius 3 is 3.07 bits per heavy atom. The normalized spacial score (nSPS) is 11.6. The minimum Gasteiger partial charge on any atom is -0.305 e. The van der Waals surface area contributed by atoms with Crippen molar-refractivity contribution >= 4 is 21.8 Å². The molecular weight excluding hydrogens is 174 g/mol. The Bertz CT molecular complexity index is 616. The third kappa shape index (κ3) is 0.839. The van der Waals surface area contributed by atoms with Gasteiger partial charge in [0, 0.05) is 29.7 Å². The van der Waals surface area contributed by atoms with Crippen molar-refractivity contribution in [2.24, 2.45) is 7.05 Å². The summed E-state index contributed by atoms with van der Waals surface area (Å²) in [6, 6.07) is 6.30. The SMILES string of the molecule is Cc1cc2c(ccc3c[nH]n(C)c32)n1. The number of rotatable bonds is 0. The maximum absolute atomic E-state index is 4.46. The molecule has 1 N–H and O–H groups in total. The van der Waals surface area contributed by atoms with E-state index in [2.05, 4.69) is 28.3 Å². The van der Waals surface area contributed by atoms with Gasteiger partial charge < -0.3 is 5.10 Å². The summed E-state index contributed by atoms with van der Waals surface area (Å²) in [6.07, 6.45) is 2.01. The van der Waals surface area contributed by atoms with Crippen molar-refractivity contribution in [3.8, 4) is 0 Å². The van der Waals surface area contributed by atoms with Gasteiger partial charge in [0.1, 0.15) is 0 Å². The van der Waals surface area contributed by atoms with Crippen molar-refractivity contribution < 1.29 is 0 Å². The molecule has 2 heterocycles. The molecule has 0 radical (unpaired) electrons. The van der Waals surface area contributed by atoms with E-state index < -0.39 is 0 Å². The van der Waals surface area contributed by atoms with Gasteiger partial charge in [-0.3, -0.25) is 9.67 Å². The highest BCUT2D eigenvalue weighted by atomic mass is 15.2. The first-order valence-electron chi connectivity index (χ1n) is 4.66. The molecule has 0 aliphatic carbocycles. The fourth-order valence-corrected chi connectivity index (χ4v) is 2.01. The number of aryl methyl sites for hydroxylation is 2. The molecule has 0 aliphatic heterocycles. The summed E-state index contributed by atoms with van der Waals surface area (Å²) in [6.45, 7) is 2.03. The van der Waals surface area contributed by atoms with Gasteiger partial charge in [-0.25, -0.2) is 0 Å². The summed E-state index contributed by atoms with van der Waals surface area (Å²) in [5, 5.41) is 5.62. The Labute approximate surface area is 81.3 Å². The molecule has 1 aromatic carbocycles. The molecule has 3 aromatic rings. The number of hydrogen-bond donors (Lipinski definition) is 1. The lowest BCUT2D eigenvalue weighted by Crippen LogP contribution is -1.88. The smallest absolute Gasteiger partial charge is 0.0750 e. The predicted molar refractivity (Wildman–Crippen MR) is 57.3 cm³/mol. The molecule has 3 nitrogen and oxygen atoms in total. The van der Waals surface area contributed by atoms with Crippen LogP contribution in [0.4, 0.5) is 0 Å². The lowest BCUT2D eigenvalue weighted by Gasteiger charge is -1.96. The average Bonchev–Trinajstić information content (AvgIpc) is 2.68. The van der Waals surface area contributed by atoms with Gasteiger partial charge >= 0.3 is 0 Å². The second-order valence-corrected chi connectivity index (χ2v) is 3.67. The summed E-state index contributed by atoms with van der Waals surface area (Å²) >= 11 is 0. The Kier molecular flexibility index (Phi) is 1.29. The van der Waals surface area contributed by atoms with Crippen molar-refractivity contribution in [3.05, 3.63) is 30.1 Å². The van der Waals surface area contributed by atoms with Crippen LogP contribution in [0.25, 0.3) is 21.8 Å². The predicted octanol–water partition coefficient (Wildman–Crippen LogP) is 2.36. The molecule has 3 heteroatoms. The number of fused-ring (bicyclic) bond motifs is 3. The Hall–Kier alpha value is -1.77. The van der Waals surface area contributed by atoms with Crippen LogP contribution in [-0.4, -0.2) is 14.8 Å². The third-order valence-corrected chi connectivity index (χ3v) is 2.62. The fourth-order valence-electron chi connectivity index (χ4n) is 2.01. The number of hydrogen-bond acceptors (Lipinski definition) is 1. The van der Waals surface area contributed by atoms with Crippen LogP contribution in [0.5, 0.6) is 0 Å². The third-order valence-electron chi connectivity index (χ3n) is 2.62. The molecular formula is C11H11N3.